The number of rotatable bonds is 7. The monoisotopic (exact) mass is 420 g/mol. The molecule has 0 atom stereocenters. The van der Waals surface area contributed by atoms with Gasteiger partial charge in [0.25, 0.3) is 0 Å². The van der Waals surface area contributed by atoms with Gasteiger partial charge in [-0.05, 0) is 33.3 Å². The molecule has 2 rings (SSSR count). The van der Waals surface area contributed by atoms with E-state index in [9.17, 15) is 22.0 Å². The van der Waals surface area contributed by atoms with E-state index in [1.165, 1.54) is 31.4 Å². The second-order valence-electron chi connectivity index (χ2n) is 6.62. The molecule has 28 heavy (non-hydrogen) atoms. The highest BCUT2D eigenvalue weighted by Crippen LogP contribution is 2.31. The fourth-order valence-electron chi connectivity index (χ4n) is 2.70. The molecule has 0 aliphatic heterocycles. The minimum absolute atomic E-state index is 0.176. The van der Waals surface area contributed by atoms with Gasteiger partial charge < -0.3 is 13.3 Å². The van der Waals surface area contributed by atoms with Crippen LogP contribution in [0.1, 0.15) is 27.7 Å². The van der Waals surface area contributed by atoms with E-state index < -0.39 is 43.5 Å². The summed E-state index contributed by atoms with van der Waals surface area (Å²) in [6.45, 7) is 7.20. The summed E-state index contributed by atoms with van der Waals surface area (Å²) in [5.41, 5.74) is -1.17. The third kappa shape index (κ3) is 4.27. The normalized spacial score (nSPS) is 12.3. The molecule has 0 spiro atoms. The molecule has 0 aliphatic carbocycles. The van der Waals surface area contributed by atoms with E-state index in [1.807, 2.05) is 0 Å². The summed E-state index contributed by atoms with van der Waals surface area (Å²) in [5, 5.41) is 0.491. The van der Waals surface area contributed by atoms with Gasteiger partial charge in [-0.15, -0.1) is 0 Å². The molecule has 2 aromatic carbocycles. The maximum absolute atomic E-state index is 14.0. The number of hydrogen-bond donors (Lipinski definition) is 0. The van der Waals surface area contributed by atoms with Crippen LogP contribution in [0, 0.1) is 29.1 Å². The molecule has 0 heterocycles. The van der Waals surface area contributed by atoms with Crippen LogP contribution in [-0.4, -0.2) is 28.1 Å². The van der Waals surface area contributed by atoms with Crippen molar-refractivity contribution >= 4 is 14.0 Å². The average Bonchev–Trinajstić information content (AvgIpc) is 2.64. The highest BCUT2D eigenvalue weighted by molar-refractivity contribution is 6.75. The molecule has 0 saturated carbocycles. The third-order valence-corrected chi connectivity index (χ3v) is 6.93. The maximum Gasteiger partial charge on any atom is 0.537 e. The van der Waals surface area contributed by atoms with Gasteiger partial charge >= 0.3 is 8.80 Å². The van der Waals surface area contributed by atoms with Crippen molar-refractivity contribution in [1.29, 1.82) is 0 Å². The van der Waals surface area contributed by atoms with E-state index in [0.717, 1.165) is 0 Å². The lowest BCUT2D eigenvalue weighted by atomic mass is 10.0. The summed E-state index contributed by atoms with van der Waals surface area (Å²) < 4.78 is 85.7. The van der Waals surface area contributed by atoms with Crippen molar-refractivity contribution in [2.45, 2.75) is 39.9 Å². The van der Waals surface area contributed by atoms with E-state index in [-0.39, 0.29) is 17.8 Å². The molecule has 0 N–H and O–H groups in total. The molecule has 9 heteroatoms. The minimum Gasteiger partial charge on any atom is -0.373 e. The summed E-state index contributed by atoms with van der Waals surface area (Å²) in [6.07, 6.45) is -0.472. The molecule has 0 radical (unpaired) electrons. The van der Waals surface area contributed by atoms with Crippen LogP contribution in [0.3, 0.4) is 0 Å². The first kappa shape index (κ1) is 22.5. The zero-order valence-corrected chi connectivity index (χ0v) is 17.1. The van der Waals surface area contributed by atoms with Gasteiger partial charge in [-0.3, -0.25) is 0 Å². The van der Waals surface area contributed by atoms with Crippen molar-refractivity contribution in [2.24, 2.45) is 0 Å². The number of benzene rings is 2. The fourth-order valence-corrected chi connectivity index (χ4v) is 5.27. The van der Waals surface area contributed by atoms with Gasteiger partial charge in [0.2, 0.25) is 5.82 Å². The SMILES string of the molecule is CO[Si](OC(C)C)(OC(C)C)c1ccc(-c2c(F)c(F)c(F)c(F)c2F)cc1. The Kier molecular flexibility index (Phi) is 6.97. The van der Waals surface area contributed by atoms with Crippen molar-refractivity contribution in [3.63, 3.8) is 0 Å². The summed E-state index contributed by atoms with van der Waals surface area (Å²) >= 11 is 0. The van der Waals surface area contributed by atoms with Crippen LogP contribution in [-0.2, 0) is 13.3 Å². The van der Waals surface area contributed by atoms with Crippen molar-refractivity contribution in [2.75, 3.05) is 7.11 Å². The minimum atomic E-state index is -3.35. The highest BCUT2D eigenvalue weighted by atomic mass is 28.4. The lowest BCUT2D eigenvalue weighted by Gasteiger charge is -2.32. The Balaban J connectivity index is 2.56. The Hall–Kier alpha value is -1.81. The van der Waals surface area contributed by atoms with Gasteiger partial charge in [-0.2, -0.15) is 0 Å². The molecule has 0 fully saturated rings. The molecule has 2 aromatic rings. The quantitative estimate of drug-likeness (QED) is 0.282. The van der Waals surface area contributed by atoms with Gasteiger partial charge in [0.05, 0.1) is 5.56 Å². The van der Waals surface area contributed by atoms with Crippen molar-refractivity contribution < 1.29 is 35.2 Å². The van der Waals surface area contributed by atoms with E-state index in [1.54, 1.807) is 27.7 Å². The van der Waals surface area contributed by atoms with Gasteiger partial charge in [0, 0.05) is 24.5 Å². The van der Waals surface area contributed by atoms with Crippen LogP contribution >= 0.6 is 0 Å². The zero-order chi connectivity index (χ0) is 21.2. The third-order valence-electron chi connectivity index (χ3n) is 3.79. The van der Waals surface area contributed by atoms with Crippen LogP contribution < -0.4 is 5.19 Å². The highest BCUT2D eigenvalue weighted by Gasteiger charge is 2.45. The number of halogens is 5. The molecule has 0 amide bonds. The average molecular weight is 420 g/mol. The maximum atomic E-state index is 14.0. The molecular formula is C19H21F5O3Si. The van der Waals surface area contributed by atoms with E-state index in [4.69, 9.17) is 13.3 Å². The molecule has 0 saturated heterocycles. The Morgan fingerprint density at radius 2 is 1.07 bits per heavy atom. The van der Waals surface area contributed by atoms with Crippen molar-refractivity contribution in [1.82, 2.24) is 0 Å². The van der Waals surface area contributed by atoms with Crippen LogP contribution in [0.15, 0.2) is 24.3 Å². The van der Waals surface area contributed by atoms with Crippen molar-refractivity contribution in [3.8, 4) is 11.1 Å². The van der Waals surface area contributed by atoms with Crippen LogP contribution in [0.2, 0.25) is 0 Å². The summed E-state index contributed by atoms with van der Waals surface area (Å²) in [6, 6.07) is 5.35. The molecule has 0 unspecified atom stereocenters. The second kappa shape index (κ2) is 8.69. The van der Waals surface area contributed by atoms with Crippen molar-refractivity contribution in [3.05, 3.63) is 53.4 Å². The zero-order valence-electron chi connectivity index (χ0n) is 16.1. The van der Waals surface area contributed by atoms with Gasteiger partial charge in [-0.25, -0.2) is 22.0 Å². The summed E-state index contributed by atoms with van der Waals surface area (Å²) in [4.78, 5) is 0. The van der Waals surface area contributed by atoms with Gasteiger partial charge in [-0.1, -0.05) is 24.3 Å². The topological polar surface area (TPSA) is 27.7 Å². The molecule has 3 nitrogen and oxygen atoms in total. The first-order valence-electron chi connectivity index (χ1n) is 8.57. The van der Waals surface area contributed by atoms with Crippen LogP contribution in [0.5, 0.6) is 0 Å². The molecule has 0 aromatic heterocycles. The second-order valence-corrected chi connectivity index (χ2v) is 9.19. The molecular weight excluding hydrogens is 399 g/mol. The molecule has 0 bridgehead atoms. The Morgan fingerprint density at radius 3 is 1.43 bits per heavy atom. The summed E-state index contributed by atoms with van der Waals surface area (Å²) in [7, 11) is -1.92. The standard InChI is InChI=1S/C19H21F5O3Si/c1-10(2)26-28(25-5,27-11(3)4)13-8-6-12(7-9-13)14-15(20)17(22)19(24)18(23)16(14)21/h6-11H,1-5H3. The lowest BCUT2D eigenvalue weighted by Crippen LogP contribution is -2.58. The molecule has 154 valence electrons. The Labute approximate surface area is 161 Å². The van der Waals surface area contributed by atoms with Crippen LogP contribution in [0.4, 0.5) is 22.0 Å². The summed E-state index contributed by atoms with van der Waals surface area (Å²) in [5.74, 6) is -9.97. The van der Waals surface area contributed by atoms with Gasteiger partial charge in [0.1, 0.15) is 0 Å². The smallest absolute Gasteiger partial charge is 0.373 e. The fraction of sp³-hybridized carbons (Fsp3) is 0.368. The van der Waals surface area contributed by atoms with E-state index in [0.29, 0.717) is 5.19 Å². The predicted octanol–water partition coefficient (Wildman–Crippen LogP) is 4.69. The lowest BCUT2D eigenvalue weighted by molar-refractivity contribution is 0.0456. The Bertz CT molecular complexity index is 801. The van der Waals surface area contributed by atoms with Crippen LogP contribution in [0.25, 0.3) is 11.1 Å². The first-order valence-corrected chi connectivity index (χ1v) is 10.3. The first-order chi connectivity index (χ1) is 13.0. The number of hydrogen-bond acceptors (Lipinski definition) is 3. The Morgan fingerprint density at radius 1 is 0.679 bits per heavy atom. The van der Waals surface area contributed by atoms with E-state index in [2.05, 4.69) is 0 Å². The molecule has 0 aliphatic rings. The largest absolute Gasteiger partial charge is 0.537 e. The van der Waals surface area contributed by atoms with Gasteiger partial charge in [0.15, 0.2) is 23.3 Å². The van der Waals surface area contributed by atoms with E-state index >= 15 is 0 Å². The predicted molar refractivity (Wildman–Crippen MR) is 96.5 cm³/mol.